The molecule has 0 aromatic heterocycles. The number of nitrogens with one attached hydrogen (secondary N) is 1. The molecule has 0 saturated carbocycles. The zero-order valence-corrected chi connectivity index (χ0v) is 17.8. The molecule has 0 atom stereocenters. The molecule has 3 rings (SSSR count). The first kappa shape index (κ1) is 21.4. The number of nitrogens with zero attached hydrogens (tertiary/aromatic N) is 1. The first-order valence-corrected chi connectivity index (χ1v) is 10.3. The molecule has 0 fully saturated rings. The first-order chi connectivity index (χ1) is 14.5. The van der Waals surface area contributed by atoms with E-state index < -0.39 is 5.91 Å². The van der Waals surface area contributed by atoms with Crippen molar-refractivity contribution in [3.8, 4) is 11.8 Å². The highest BCUT2D eigenvalue weighted by Crippen LogP contribution is 2.30. The Kier molecular flexibility index (Phi) is 7.11. The van der Waals surface area contributed by atoms with Gasteiger partial charge in [0.05, 0.1) is 6.61 Å². The Morgan fingerprint density at radius 1 is 1.13 bits per heavy atom. The second-order valence-electron chi connectivity index (χ2n) is 6.94. The van der Waals surface area contributed by atoms with Gasteiger partial charge in [0.2, 0.25) is 0 Å². The summed E-state index contributed by atoms with van der Waals surface area (Å²) in [5.74, 6) is 0.323. The van der Waals surface area contributed by atoms with Crippen molar-refractivity contribution < 1.29 is 9.53 Å². The van der Waals surface area contributed by atoms with Crippen molar-refractivity contribution in [2.75, 3.05) is 11.9 Å². The molecule has 0 unspecified atom stereocenters. The molecule has 3 aromatic rings. The minimum absolute atomic E-state index is 0.0131. The van der Waals surface area contributed by atoms with E-state index in [0.29, 0.717) is 17.3 Å². The molecule has 30 heavy (non-hydrogen) atoms. The van der Waals surface area contributed by atoms with Gasteiger partial charge < -0.3 is 10.1 Å². The summed E-state index contributed by atoms with van der Waals surface area (Å²) in [5, 5.41) is 14.8. The van der Waals surface area contributed by atoms with Gasteiger partial charge in [-0.3, -0.25) is 4.79 Å². The minimum atomic E-state index is -0.477. The summed E-state index contributed by atoms with van der Waals surface area (Å²) in [6.45, 7) is 4.59. The molecule has 0 radical (unpaired) electrons. The lowest BCUT2D eigenvalue weighted by Gasteiger charge is -2.12. The Bertz CT molecular complexity index is 1150. The highest BCUT2D eigenvalue weighted by molar-refractivity contribution is 6.31. The number of rotatable bonds is 7. The van der Waals surface area contributed by atoms with Gasteiger partial charge in [-0.05, 0) is 54.1 Å². The quantitative estimate of drug-likeness (QED) is 0.269. The fourth-order valence-electron chi connectivity index (χ4n) is 3.11. The van der Waals surface area contributed by atoms with E-state index in [9.17, 15) is 10.1 Å². The second kappa shape index (κ2) is 9.96. The van der Waals surface area contributed by atoms with Gasteiger partial charge in [-0.2, -0.15) is 5.26 Å². The van der Waals surface area contributed by atoms with Crippen LogP contribution in [0.2, 0.25) is 5.02 Å². The van der Waals surface area contributed by atoms with Crippen LogP contribution in [0.3, 0.4) is 0 Å². The summed E-state index contributed by atoms with van der Waals surface area (Å²) in [7, 11) is 0. The number of hydrogen-bond donors (Lipinski definition) is 1. The van der Waals surface area contributed by atoms with Crippen LogP contribution in [0.25, 0.3) is 16.8 Å². The standard InChI is InChI=1S/C25H23ClN2O2/c1-3-4-14-30-24-13-12-18(20-8-5-6-9-21(20)24)15-19(16-27)25(29)28-23-11-7-10-22(26)17(23)2/h5-13,15H,3-4,14H2,1-2H3,(H,28,29)/b19-15+. The Balaban J connectivity index is 1.94. The maximum absolute atomic E-state index is 12.7. The monoisotopic (exact) mass is 418 g/mol. The van der Waals surface area contributed by atoms with Gasteiger partial charge in [0, 0.05) is 16.1 Å². The number of unbranched alkanes of at least 4 members (excludes halogenated alkanes) is 1. The number of ether oxygens (including phenoxy) is 1. The molecule has 0 aliphatic carbocycles. The summed E-state index contributed by atoms with van der Waals surface area (Å²) in [6.07, 6.45) is 3.65. The van der Waals surface area contributed by atoms with Gasteiger partial charge in [-0.1, -0.05) is 61.3 Å². The molecule has 0 bridgehead atoms. The highest BCUT2D eigenvalue weighted by Gasteiger charge is 2.13. The summed E-state index contributed by atoms with van der Waals surface area (Å²) in [6, 6.07) is 18.9. The number of hydrogen-bond acceptors (Lipinski definition) is 3. The van der Waals surface area contributed by atoms with Crippen molar-refractivity contribution in [2.45, 2.75) is 26.7 Å². The molecule has 4 nitrogen and oxygen atoms in total. The number of benzene rings is 3. The Labute approximate surface area is 181 Å². The Morgan fingerprint density at radius 3 is 2.63 bits per heavy atom. The molecular weight excluding hydrogens is 396 g/mol. The summed E-state index contributed by atoms with van der Waals surface area (Å²) < 4.78 is 5.92. The van der Waals surface area contributed by atoms with Crippen LogP contribution in [-0.4, -0.2) is 12.5 Å². The zero-order chi connectivity index (χ0) is 21.5. The molecule has 0 heterocycles. The predicted molar refractivity (Wildman–Crippen MR) is 123 cm³/mol. The predicted octanol–water partition coefficient (Wildman–Crippen LogP) is 6.53. The van der Waals surface area contributed by atoms with E-state index in [0.717, 1.165) is 40.5 Å². The molecule has 3 aromatic carbocycles. The van der Waals surface area contributed by atoms with E-state index in [2.05, 4.69) is 12.2 Å². The van der Waals surface area contributed by atoms with Crippen LogP contribution in [0.5, 0.6) is 5.75 Å². The van der Waals surface area contributed by atoms with Crippen molar-refractivity contribution >= 4 is 40.0 Å². The molecule has 1 N–H and O–H groups in total. The van der Waals surface area contributed by atoms with Crippen molar-refractivity contribution in [2.24, 2.45) is 0 Å². The third-order valence-corrected chi connectivity index (χ3v) is 5.26. The van der Waals surface area contributed by atoms with E-state index >= 15 is 0 Å². The van der Waals surface area contributed by atoms with Gasteiger partial charge in [0.15, 0.2) is 0 Å². The first-order valence-electron chi connectivity index (χ1n) is 9.88. The molecule has 0 saturated heterocycles. The Morgan fingerprint density at radius 2 is 1.90 bits per heavy atom. The normalized spacial score (nSPS) is 11.2. The van der Waals surface area contributed by atoms with E-state index in [1.54, 1.807) is 24.3 Å². The maximum atomic E-state index is 12.7. The van der Waals surface area contributed by atoms with Crippen molar-refractivity contribution in [1.82, 2.24) is 0 Å². The van der Waals surface area contributed by atoms with E-state index in [1.807, 2.05) is 49.4 Å². The largest absolute Gasteiger partial charge is 0.493 e. The molecule has 152 valence electrons. The van der Waals surface area contributed by atoms with Gasteiger partial charge >= 0.3 is 0 Å². The number of carbonyl (C=O) groups is 1. The number of anilines is 1. The minimum Gasteiger partial charge on any atom is -0.493 e. The lowest BCUT2D eigenvalue weighted by atomic mass is 10.0. The van der Waals surface area contributed by atoms with Gasteiger partial charge in [-0.25, -0.2) is 0 Å². The second-order valence-corrected chi connectivity index (χ2v) is 7.34. The van der Waals surface area contributed by atoms with E-state index in [4.69, 9.17) is 16.3 Å². The van der Waals surface area contributed by atoms with Crippen molar-refractivity contribution in [3.63, 3.8) is 0 Å². The number of amides is 1. The van der Waals surface area contributed by atoms with Crippen LogP contribution in [0.15, 0.2) is 60.2 Å². The average Bonchev–Trinajstić information content (AvgIpc) is 2.76. The lowest BCUT2D eigenvalue weighted by molar-refractivity contribution is -0.112. The molecule has 5 heteroatoms. The highest BCUT2D eigenvalue weighted by atomic mass is 35.5. The molecule has 0 aliphatic rings. The van der Waals surface area contributed by atoms with Crippen LogP contribution in [0.1, 0.15) is 30.9 Å². The van der Waals surface area contributed by atoms with Crippen LogP contribution in [-0.2, 0) is 4.79 Å². The fourth-order valence-corrected chi connectivity index (χ4v) is 3.28. The number of halogens is 1. The average molecular weight is 419 g/mol. The molecule has 0 aliphatic heterocycles. The van der Waals surface area contributed by atoms with Crippen molar-refractivity contribution in [3.05, 3.63) is 76.3 Å². The number of carbonyl (C=O) groups excluding carboxylic acids is 1. The summed E-state index contributed by atoms with van der Waals surface area (Å²) in [5.41, 5.74) is 2.13. The topological polar surface area (TPSA) is 62.1 Å². The van der Waals surface area contributed by atoms with Crippen LogP contribution in [0.4, 0.5) is 5.69 Å². The maximum Gasteiger partial charge on any atom is 0.266 e. The van der Waals surface area contributed by atoms with Crippen LogP contribution >= 0.6 is 11.6 Å². The van der Waals surface area contributed by atoms with Gasteiger partial charge in [0.1, 0.15) is 17.4 Å². The zero-order valence-electron chi connectivity index (χ0n) is 17.0. The summed E-state index contributed by atoms with van der Waals surface area (Å²) >= 11 is 6.12. The van der Waals surface area contributed by atoms with Crippen molar-refractivity contribution in [1.29, 1.82) is 5.26 Å². The van der Waals surface area contributed by atoms with E-state index in [1.165, 1.54) is 0 Å². The van der Waals surface area contributed by atoms with E-state index in [-0.39, 0.29) is 5.57 Å². The number of nitriles is 1. The summed E-state index contributed by atoms with van der Waals surface area (Å²) in [4.78, 5) is 12.7. The number of fused-ring (bicyclic) bond motifs is 1. The Hall–Kier alpha value is -3.29. The molecule has 1 amide bonds. The third kappa shape index (κ3) is 4.82. The smallest absolute Gasteiger partial charge is 0.266 e. The molecule has 0 spiro atoms. The fraction of sp³-hybridized carbons (Fsp3) is 0.200. The van der Waals surface area contributed by atoms with Gasteiger partial charge in [-0.15, -0.1) is 0 Å². The SMILES string of the molecule is CCCCOc1ccc(/C=C(\C#N)C(=O)Nc2cccc(Cl)c2C)c2ccccc12. The van der Waals surface area contributed by atoms with Crippen LogP contribution < -0.4 is 10.1 Å². The van der Waals surface area contributed by atoms with Gasteiger partial charge in [0.25, 0.3) is 5.91 Å². The lowest BCUT2D eigenvalue weighted by Crippen LogP contribution is -2.14. The van der Waals surface area contributed by atoms with Crippen LogP contribution in [0, 0.1) is 18.3 Å². The third-order valence-electron chi connectivity index (χ3n) is 4.85. The molecular formula is C25H23ClN2O2.